The Morgan fingerprint density at radius 2 is 2.16 bits per heavy atom. The largest absolute Gasteiger partial charge is 0.490 e. The molecule has 2 aliphatic rings. The summed E-state index contributed by atoms with van der Waals surface area (Å²) in [6, 6.07) is 12.4. The molecule has 162 valence electrons. The number of ether oxygens (including phenoxy) is 3. The van der Waals surface area contributed by atoms with E-state index < -0.39 is 23.7 Å². The third-order valence-electron chi connectivity index (χ3n) is 5.45. The predicted octanol–water partition coefficient (Wildman–Crippen LogP) is 4.63. The summed E-state index contributed by atoms with van der Waals surface area (Å²) in [5.41, 5.74) is 0.303. The minimum atomic E-state index is -1.18. The number of carbonyl (C=O) groups excluding carboxylic acids is 1. The van der Waals surface area contributed by atoms with Gasteiger partial charge in [-0.05, 0) is 50.3 Å². The first kappa shape index (κ1) is 21.5. The number of anilines is 1. The van der Waals surface area contributed by atoms with Gasteiger partial charge in [-0.3, -0.25) is 9.69 Å². The predicted molar refractivity (Wildman–Crippen MR) is 124 cm³/mol. The van der Waals surface area contributed by atoms with Crippen LogP contribution in [0.5, 0.6) is 11.5 Å². The lowest BCUT2D eigenvalue weighted by atomic mass is 9.79. The number of halogens is 1. The summed E-state index contributed by atoms with van der Waals surface area (Å²) in [5.74, 6) is 0.0471. The van der Waals surface area contributed by atoms with E-state index in [0.29, 0.717) is 33.9 Å². The van der Waals surface area contributed by atoms with E-state index in [1.165, 1.54) is 6.08 Å². The topological polar surface area (TPSA) is 60.0 Å². The maximum atomic E-state index is 13.2. The van der Waals surface area contributed by atoms with Crippen LogP contribution in [-0.2, 0) is 9.53 Å². The fraction of sp³-hybridized carbons (Fsp3) is 0.304. The molecule has 0 spiro atoms. The second-order valence-electron chi connectivity index (χ2n) is 7.40. The summed E-state index contributed by atoms with van der Waals surface area (Å²) in [6.07, 6.45) is 1.54. The SMILES string of the molecule is C=CCOC(=O)[C@H]1[C@H]2NC(=S)N(c3cccc(Cl)c3)[C@@]1(C)Oc1c(OCC)cccc12. The van der Waals surface area contributed by atoms with E-state index in [-0.39, 0.29) is 6.61 Å². The summed E-state index contributed by atoms with van der Waals surface area (Å²) in [6.45, 7) is 7.96. The van der Waals surface area contributed by atoms with E-state index in [2.05, 4.69) is 11.9 Å². The smallest absolute Gasteiger partial charge is 0.317 e. The second-order valence-corrected chi connectivity index (χ2v) is 8.23. The quantitative estimate of drug-likeness (QED) is 0.384. The molecule has 2 aromatic carbocycles. The van der Waals surface area contributed by atoms with Crippen LogP contribution >= 0.6 is 23.8 Å². The highest BCUT2D eigenvalue weighted by Crippen LogP contribution is 2.52. The zero-order valence-corrected chi connectivity index (χ0v) is 18.8. The van der Waals surface area contributed by atoms with E-state index in [1.54, 1.807) is 17.0 Å². The van der Waals surface area contributed by atoms with Gasteiger partial charge in [-0.25, -0.2) is 0 Å². The maximum Gasteiger partial charge on any atom is 0.317 e. The standard InChI is InChI=1S/C23H23ClN2O4S/c1-4-12-29-21(27)18-19-16-10-7-11-17(28-5-2)20(16)30-23(18,3)26(22(31)25-19)15-9-6-8-14(24)13-15/h4,6-11,13,18-19H,1,5,12H2,2-3H3,(H,25,31)/t18-,19+,23+/m1/s1. The molecular formula is C23H23ClN2O4S. The first-order valence-electron chi connectivity index (χ1n) is 9.99. The number of carbonyl (C=O) groups is 1. The third-order valence-corrected chi connectivity index (χ3v) is 5.99. The molecule has 6 nitrogen and oxygen atoms in total. The maximum absolute atomic E-state index is 13.2. The zero-order valence-electron chi connectivity index (χ0n) is 17.3. The molecule has 2 aromatic rings. The number of hydrogen-bond donors (Lipinski definition) is 1. The highest BCUT2D eigenvalue weighted by atomic mass is 35.5. The summed E-state index contributed by atoms with van der Waals surface area (Å²) in [5, 5.41) is 4.30. The number of rotatable bonds is 6. The van der Waals surface area contributed by atoms with Crippen molar-refractivity contribution in [3.8, 4) is 11.5 Å². The summed E-state index contributed by atoms with van der Waals surface area (Å²) >= 11 is 12.0. The van der Waals surface area contributed by atoms with Gasteiger partial charge in [0.2, 0.25) is 5.72 Å². The monoisotopic (exact) mass is 458 g/mol. The van der Waals surface area contributed by atoms with Crippen LogP contribution in [0.3, 0.4) is 0 Å². The molecule has 0 aromatic heterocycles. The van der Waals surface area contributed by atoms with Gasteiger partial charge in [0.05, 0.1) is 12.6 Å². The van der Waals surface area contributed by atoms with Crippen LogP contribution in [-0.4, -0.2) is 30.0 Å². The number of fused-ring (bicyclic) bond motifs is 4. The van der Waals surface area contributed by atoms with Crippen molar-refractivity contribution in [3.63, 3.8) is 0 Å². The van der Waals surface area contributed by atoms with Crippen molar-refractivity contribution in [2.75, 3.05) is 18.1 Å². The number of nitrogens with zero attached hydrogens (tertiary/aromatic N) is 1. The van der Waals surface area contributed by atoms with Gasteiger partial charge in [-0.1, -0.05) is 42.5 Å². The van der Waals surface area contributed by atoms with E-state index in [1.807, 2.05) is 44.2 Å². The molecule has 0 aliphatic carbocycles. The molecule has 0 unspecified atom stereocenters. The lowest BCUT2D eigenvalue weighted by Gasteiger charge is -2.55. The van der Waals surface area contributed by atoms with Crippen molar-refractivity contribution in [2.24, 2.45) is 5.92 Å². The Labute approximate surface area is 191 Å². The van der Waals surface area contributed by atoms with Gasteiger partial charge < -0.3 is 19.5 Å². The van der Waals surface area contributed by atoms with E-state index in [9.17, 15) is 4.79 Å². The number of hydrogen-bond acceptors (Lipinski definition) is 5. The molecule has 2 bridgehead atoms. The van der Waals surface area contributed by atoms with Gasteiger partial charge in [0.25, 0.3) is 0 Å². The van der Waals surface area contributed by atoms with Crippen molar-refractivity contribution in [3.05, 3.63) is 65.7 Å². The number of para-hydroxylation sites is 1. The van der Waals surface area contributed by atoms with Crippen LogP contribution in [0.1, 0.15) is 25.5 Å². The first-order valence-corrected chi connectivity index (χ1v) is 10.8. The molecule has 8 heteroatoms. The highest BCUT2D eigenvalue weighted by Gasteiger charge is 2.60. The Morgan fingerprint density at radius 1 is 1.39 bits per heavy atom. The van der Waals surface area contributed by atoms with Crippen LogP contribution < -0.4 is 19.7 Å². The molecule has 0 saturated carbocycles. The van der Waals surface area contributed by atoms with Crippen molar-refractivity contribution >= 4 is 40.6 Å². The molecule has 0 radical (unpaired) electrons. The number of thiocarbonyl (C=S) groups is 1. The Hall–Kier alpha value is -2.77. The molecule has 31 heavy (non-hydrogen) atoms. The van der Waals surface area contributed by atoms with Crippen LogP contribution in [0, 0.1) is 5.92 Å². The average Bonchev–Trinajstić information content (AvgIpc) is 2.72. The van der Waals surface area contributed by atoms with Crippen molar-refractivity contribution in [1.29, 1.82) is 0 Å². The van der Waals surface area contributed by atoms with Crippen molar-refractivity contribution in [1.82, 2.24) is 5.32 Å². The van der Waals surface area contributed by atoms with Gasteiger partial charge in [-0.2, -0.15) is 0 Å². The Kier molecular flexibility index (Phi) is 5.81. The summed E-state index contributed by atoms with van der Waals surface area (Å²) in [4.78, 5) is 15.0. The molecule has 2 heterocycles. The molecule has 4 rings (SSSR count). The molecule has 1 N–H and O–H groups in total. The van der Waals surface area contributed by atoms with Crippen LogP contribution in [0.15, 0.2) is 55.1 Å². The fourth-order valence-corrected chi connectivity index (χ4v) is 4.83. The van der Waals surface area contributed by atoms with Gasteiger partial charge in [0.1, 0.15) is 12.5 Å². The molecular weight excluding hydrogens is 436 g/mol. The van der Waals surface area contributed by atoms with E-state index in [4.69, 9.17) is 38.0 Å². The van der Waals surface area contributed by atoms with Gasteiger partial charge in [0, 0.05) is 16.3 Å². The number of nitrogens with one attached hydrogen (secondary N) is 1. The van der Waals surface area contributed by atoms with Crippen LogP contribution in [0.4, 0.5) is 5.69 Å². The Balaban J connectivity index is 1.89. The molecule has 3 atom stereocenters. The average molecular weight is 459 g/mol. The molecule has 1 fully saturated rings. The Bertz CT molecular complexity index is 1050. The van der Waals surface area contributed by atoms with Gasteiger partial charge >= 0.3 is 5.97 Å². The van der Waals surface area contributed by atoms with Crippen LogP contribution in [0.25, 0.3) is 0 Å². The number of benzene rings is 2. The summed E-state index contributed by atoms with van der Waals surface area (Å²) < 4.78 is 17.8. The van der Waals surface area contributed by atoms with Crippen LogP contribution in [0.2, 0.25) is 5.02 Å². The number of esters is 1. The first-order chi connectivity index (χ1) is 14.9. The van der Waals surface area contributed by atoms with Crippen molar-refractivity contribution < 1.29 is 19.0 Å². The van der Waals surface area contributed by atoms with E-state index in [0.717, 1.165) is 5.56 Å². The zero-order chi connectivity index (χ0) is 22.2. The second kappa shape index (κ2) is 8.40. The molecule has 1 saturated heterocycles. The fourth-order valence-electron chi connectivity index (χ4n) is 4.23. The summed E-state index contributed by atoms with van der Waals surface area (Å²) in [7, 11) is 0. The molecule has 0 amide bonds. The third kappa shape index (κ3) is 3.62. The lowest BCUT2D eigenvalue weighted by Crippen LogP contribution is -2.71. The lowest BCUT2D eigenvalue weighted by molar-refractivity contribution is -0.159. The normalized spacial score (nSPS) is 23.8. The minimum Gasteiger partial charge on any atom is -0.490 e. The molecule has 2 aliphatic heterocycles. The van der Waals surface area contributed by atoms with Gasteiger partial charge in [0.15, 0.2) is 16.6 Å². The Morgan fingerprint density at radius 3 is 2.87 bits per heavy atom. The minimum absolute atomic E-state index is 0.103. The van der Waals surface area contributed by atoms with Crippen molar-refractivity contribution in [2.45, 2.75) is 25.6 Å². The van der Waals surface area contributed by atoms with E-state index >= 15 is 0 Å². The van der Waals surface area contributed by atoms with Gasteiger partial charge in [-0.15, -0.1) is 0 Å². The highest BCUT2D eigenvalue weighted by molar-refractivity contribution is 7.80.